The van der Waals surface area contributed by atoms with E-state index in [0.29, 0.717) is 12.1 Å². The molecular weight excluding hydrogens is 333 g/mol. The van der Waals surface area contributed by atoms with Gasteiger partial charge in [-0.15, -0.1) is 0 Å². The largest absolute Gasteiger partial charge is 0.334 e. The molecule has 3 N–H and O–H groups in total. The standard InChI is InChI=1S/C20H24FN3O2/c1-3-5-18(19(25)23-17-7-4-6-14(2)12-17)24-20(26)22-13-15-8-10-16(21)11-9-15/h4,6-12,18H,3,5,13H2,1-2H3,(H,23,25)(H2,22,24,26)/t18-/m1/s1. The van der Waals surface area contributed by atoms with Crippen molar-refractivity contribution in [2.75, 3.05) is 5.32 Å². The summed E-state index contributed by atoms with van der Waals surface area (Å²) in [5.74, 6) is -0.580. The van der Waals surface area contributed by atoms with Gasteiger partial charge < -0.3 is 16.0 Å². The molecular formula is C20H24FN3O2. The molecule has 26 heavy (non-hydrogen) atoms. The Hall–Kier alpha value is -2.89. The summed E-state index contributed by atoms with van der Waals surface area (Å²) in [6.45, 7) is 4.15. The number of rotatable bonds is 7. The van der Waals surface area contributed by atoms with Gasteiger partial charge in [-0.3, -0.25) is 4.79 Å². The SMILES string of the molecule is CCC[C@@H](NC(=O)NCc1ccc(F)cc1)C(=O)Nc1cccc(C)c1. The number of nitrogens with one attached hydrogen (secondary N) is 3. The van der Waals surface area contributed by atoms with Crippen LogP contribution in [0.25, 0.3) is 0 Å². The zero-order valence-electron chi connectivity index (χ0n) is 15.0. The van der Waals surface area contributed by atoms with Crippen LogP contribution in [0.15, 0.2) is 48.5 Å². The van der Waals surface area contributed by atoms with Crippen molar-refractivity contribution >= 4 is 17.6 Å². The highest BCUT2D eigenvalue weighted by Gasteiger charge is 2.20. The highest BCUT2D eigenvalue weighted by Crippen LogP contribution is 2.11. The van der Waals surface area contributed by atoms with Crippen LogP contribution < -0.4 is 16.0 Å². The molecule has 0 fully saturated rings. The van der Waals surface area contributed by atoms with Gasteiger partial charge >= 0.3 is 6.03 Å². The molecule has 6 heteroatoms. The molecule has 2 rings (SSSR count). The highest BCUT2D eigenvalue weighted by atomic mass is 19.1. The average Bonchev–Trinajstić information content (AvgIpc) is 2.61. The van der Waals surface area contributed by atoms with Crippen LogP contribution >= 0.6 is 0 Å². The summed E-state index contributed by atoms with van der Waals surface area (Å²) in [5.41, 5.74) is 2.52. The van der Waals surface area contributed by atoms with E-state index in [1.54, 1.807) is 12.1 Å². The predicted octanol–water partition coefficient (Wildman–Crippen LogP) is 3.74. The Morgan fingerprint density at radius 2 is 1.85 bits per heavy atom. The molecule has 0 unspecified atom stereocenters. The van der Waals surface area contributed by atoms with Crippen LogP contribution in [0.3, 0.4) is 0 Å². The van der Waals surface area contributed by atoms with E-state index in [0.717, 1.165) is 17.5 Å². The van der Waals surface area contributed by atoms with Crippen LogP contribution in [0.2, 0.25) is 0 Å². The van der Waals surface area contributed by atoms with E-state index >= 15 is 0 Å². The summed E-state index contributed by atoms with van der Waals surface area (Å²) >= 11 is 0. The van der Waals surface area contributed by atoms with Gasteiger partial charge in [-0.1, -0.05) is 37.6 Å². The Bertz CT molecular complexity index is 747. The van der Waals surface area contributed by atoms with Crippen molar-refractivity contribution in [1.29, 1.82) is 0 Å². The lowest BCUT2D eigenvalue weighted by Crippen LogP contribution is -2.47. The van der Waals surface area contributed by atoms with Crippen LogP contribution in [-0.4, -0.2) is 18.0 Å². The molecule has 0 saturated heterocycles. The zero-order valence-corrected chi connectivity index (χ0v) is 15.0. The molecule has 1 atom stereocenters. The number of carbonyl (C=O) groups excluding carboxylic acids is 2. The number of carbonyl (C=O) groups is 2. The molecule has 2 aromatic rings. The Morgan fingerprint density at radius 3 is 2.50 bits per heavy atom. The van der Waals surface area contributed by atoms with Crippen LogP contribution in [0.4, 0.5) is 14.9 Å². The molecule has 5 nitrogen and oxygen atoms in total. The summed E-state index contributed by atoms with van der Waals surface area (Å²) in [6, 6.07) is 12.3. The van der Waals surface area contributed by atoms with Gasteiger partial charge in [-0.25, -0.2) is 9.18 Å². The molecule has 0 aromatic heterocycles. The minimum Gasteiger partial charge on any atom is -0.334 e. The molecule has 2 aromatic carbocycles. The van der Waals surface area contributed by atoms with Crippen molar-refractivity contribution in [3.05, 3.63) is 65.5 Å². The van der Waals surface area contributed by atoms with Gasteiger partial charge in [0.1, 0.15) is 11.9 Å². The maximum absolute atomic E-state index is 12.9. The number of benzene rings is 2. The number of hydrogen-bond donors (Lipinski definition) is 3. The van der Waals surface area contributed by atoms with Crippen LogP contribution in [0.5, 0.6) is 0 Å². The molecule has 0 bridgehead atoms. The minimum atomic E-state index is -0.631. The lowest BCUT2D eigenvalue weighted by molar-refractivity contribution is -0.118. The van der Waals surface area contributed by atoms with Gasteiger partial charge in [-0.2, -0.15) is 0 Å². The predicted molar refractivity (Wildman–Crippen MR) is 100 cm³/mol. The number of hydrogen-bond acceptors (Lipinski definition) is 2. The first kappa shape index (κ1) is 19.4. The number of anilines is 1. The van der Waals surface area contributed by atoms with E-state index in [4.69, 9.17) is 0 Å². The normalized spacial score (nSPS) is 11.5. The highest BCUT2D eigenvalue weighted by molar-refractivity contribution is 5.97. The maximum atomic E-state index is 12.9. The van der Waals surface area contributed by atoms with Crippen molar-refractivity contribution in [2.45, 2.75) is 39.3 Å². The number of urea groups is 1. The van der Waals surface area contributed by atoms with Crippen LogP contribution in [0, 0.1) is 12.7 Å². The number of halogens is 1. The zero-order chi connectivity index (χ0) is 18.9. The summed E-state index contributed by atoms with van der Waals surface area (Å²) in [6.07, 6.45) is 1.28. The second-order valence-corrected chi connectivity index (χ2v) is 6.15. The third-order valence-electron chi connectivity index (χ3n) is 3.85. The van der Waals surface area contributed by atoms with E-state index in [9.17, 15) is 14.0 Å². The van der Waals surface area contributed by atoms with E-state index in [1.807, 2.05) is 38.1 Å². The van der Waals surface area contributed by atoms with Gasteiger partial charge in [0.25, 0.3) is 0 Å². The average molecular weight is 357 g/mol. The number of aryl methyl sites for hydroxylation is 1. The van der Waals surface area contributed by atoms with Gasteiger partial charge in [0.05, 0.1) is 0 Å². The van der Waals surface area contributed by atoms with E-state index in [-0.39, 0.29) is 18.3 Å². The Morgan fingerprint density at radius 1 is 1.12 bits per heavy atom. The first-order valence-electron chi connectivity index (χ1n) is 8.64. The summed E-state index contributed by atoms with van der Waals surface area (Å²) < 4.78 is 12.9. The molecule has 0 spiro atoms. The van der Waals surface area contributed by atoms with Gasteiger partial charge in [-0.05, 0) is 48.7 Å². The quantitative estimate of drug-likeness (QED) is 0.706. The summed E-state index contributed by atoms with van der Waals surface area (Å²) in [4.78, 5) is 24.6. The smallest absolute Gasteiger partial charge is 0.315 e. The van der Waals surface area contributed by atoms with Crippen molar-refractivity contribution in [2.24, 2.45) is 0 Å². The van der Waals surface area contributed by atoms with E-state index in [2.05, 4.69) is 16.0 Å². The van der Waals surface area contributed by atoms with E-state index < -0.39 is 12.1 Å². The molecule has 0 saturated carbocycles. The first-order chi connectivity index (χ1) is 12.5. The molecule has 0 heterocycles. The van der Waals surface area contributed by atoms with E-state index in [1.165, 1.54) is 12.1 Å². The van der Waals surface area contributed by atoms with Crippen molar-refractivity contribution < 1.29 is 14.0 Å². The molecule has 0 radical (unpaired) electrons. The summed E-state index contributed by atoms with van der Waals surface area (Å²) in [7, 11) is 0. The molecule has 0 aliphatic rings. The first-order valence-corrected chi connectivity index (χ1v) is 8.64. The van der Waals surface area contributed by atoms with Crippen molar-refractivity contribution in [3.63, 3.8) is 0 Å². The molecule has 0 aliphatic heterocycles. The monoisotopic (exact) mass is 357 g/mol. The Balaban J connectivity index is 1.90. The van der Waals surface area contributed by atoms with Gasteiger partial charge in [0, 0.05) is 12.2 Å². The van der Waals surface area contributed by atoms with Crippen LogP contribution in [0.1, 0.15) is 30.9 Å². The summed E-state index contributed by atoms with van der Waals surface area (Å²) in [5, 5.41) is 8.21. The third-order valence-corrected chi connectivity index (χ3v) is 3.85. The van der Waals surface area contributed by atoms with Crippen LogP contribution in [-0.2, 0) is 11.3 Å². The number of amides is 3. The second-order valence-electron chi connectivity index (χ2n) is 6.15. The minimum absolute atomic E-state index is 0.254. The maximum Gasteiger partial charge on any atom is 0.315 e. The topological polar surface area (TPSA) is 70.2 Å². The second kappa shape index (κ2) is 9.56. The van der Waals surface area contributed by atoms with Gasteiger partial charge in [0.15, 0.2) is 0 Å². The Labute approximate surface area is 153 Å². The fourth-order valence-corrected chi connectivity index (χ4v) is 2.50. The molecule has 138 valence electrons. The lowest BCUT2D eigenvalue weighted by Gasteiger charge is -2.18. The Kier molecular flexibility index (Phi) is 7.14. The lowest BCUT2D eigenvalue weighted by atomic mass is 10.1. The van der Waals surface area contributed by atoms with Gasteiger partial charge in [0.2, 0.25) is 5.91 Å². The molecule has 0 aliphatic carbocycles. The fraction of sp³-hybridized carbons (Fsp3) is 0.300. The van der Waals surface area contributed by atoms with Crippen molar-refractivity contribution in [1.82, 2.24) is 10.6 Å². The molecule has 3 amide bonds. The third kappa shape index (κ3) is 6.20. The van der Waals surface area contributed by atoms with Crippen molar-refractivity contribution in [3.8, 4) is 0 Å². The fourth-order valence-electron chi connectivity index (χ4n) is 2.50.